The van der Waals surface area contributed by atoms with E-state index in [1.54, 1.807) is 6.92 Å². The van der Waals surface area contributed by atoms with Gasteiger partial charge in [-0.25, -0.2) is 0 Å². The lowest BCUT2D eigenvalue weighted by molar-refractivity contribution is -0.138. The molecule has 0 aromatic carbocycles. The van der Waals surface area contributed by atoms with Crippen LogP contribution in [0.3, 0.4) is 0 Å². The van der Waals surface area contributed by atoms with Crippen LogP contribution in [0, 0.1) is 0 Å². The summed E-state index contributed by atoms with van der Waals surface area (Å²) in [7, 11) is 0. The molecule has 18 heavy (non-hydrogen) atoms. The van der Waals surface area contributed by atoms with Crippen molar-refractivity contribution in [2.75, 3.05) is 6.54 Å². The second-order valence-corrected chi connectivity index (χ2v) is 4.45. The average Bonchev–Trinajstić information content (AvgIpc) is 2.67. The number of β-amino-alcohol motifs (C(OH)–C–C–N with tert-alkyl or cyclic N) is 1. The van der Waals surface area contributed by atoms with Crippen LogP contribution in [0.1, 0.15) is 26.7 Å². The van der Waals surface area contributed by atoms with E-state index in [4.69, 9.17) is 5.73 Å². The van der Waals surface area contributed by atoms with Gasteiger partial charge in [0.05, 0.1) is 6.10 Å². The molecule has 0 radical (unpaired) electrons. The number of nitrogens with one attached hydrogen (secondary N) is 1. The van der Waals surface area contributed by atoms with Crippen LogP contribution < -0.4 is 11.1 Å². The summed E-state index contributed by atoms with van der Waals surface area (Å²) in [5.74, 6) is -1.34. The van der Waals surface area contributed by atoms with E-state index in [9.17, 15) is 19.5 Å². The van der Waals surface area contributed by atoms with E-state index in [-0.39, 0.29) is 18.9 Å². The quantitative estimate of drug-likeness (QED) is 0.560. The molecule has 0 saturated carbocycles. The Hall–Kier alpha value is -1.63. The summed E-state index contributed by atoms with van der Waals surface area (Å²) in [5.41, 5.74) is 5.13. The van der Waals surface area contributed by atoms with Crippen molar-refractivity contribution in [3.05, 3.63) is 0 Å². The molecule has 1 rings (SSSR count). The fourth-order valence-electron chi connectivity index (χ4n) is 2.05. The van der Waals surface area contributed by atoms with E-state index in [1.165, 1.54) is 11.8 Å². The molecule has 7 heteroatoms. The molecule has 1 fully saturated rings. The highest BCUT2D eigenvalue weighted by molar-refractivity contribution is 5.91. The highest BCUT2D eigenvalue weighted by Gasteiger charge is 2.38. The number of aliphatic hydroxyl groups is 1. The summed E-state index contributed by atoms with van der Waals surface area (Å²) >= 11 is 0. The molecule has 1 saturated heterocycles. The number of hydrogen-bond acceptors (Lipinski definition) is 4. The van der Waals surface area contributed by atoms with Gasteiger partial charge in [-0.3, -0.25) is 14.4 Å². The maximum Gasteiger partial charge on any atom is 0.243 e. The Morgan fingerprint density at radius 2 is 2.11 bits per heavy atom. The van der Waals surface area contributed by atoms with Gasteiger partial charge in [0.25, 0.3) is 0 Å². The number of amides is 3. The maximum absolute atomic E-state index is 12.0. The van der Waals surface area contributed by atoms with Crippen molar-refractivity contribution in [2.45, 2.75) is 44.9 Å². The summed E-state index contributed by atoms with van der Waals surface area (Å²) in [6.45, 7) is 3.20. The first-order valence-corrected chi connectivity index (χ1v) is 5.91. The van der Waals surface area contributed by atoms with Gasteiger partial charge in [0.15, 0.2) is 0 Å². The highest BCUT2D eigenvalue weighted by atomic mass is 16.3. The number of primary amides is 1. The number of aliphatic hydroxyl groups excluding tert-OH is 1. The van der Waals surface area contributed by atoms with E-state index in [0.717, 1.165) is 0 Å². The Bertz CT molecular complexity index is 358. The van der Waals surface area contributed by atoms with Crippen molar-refractivity contribution >= 4 is 17.7 Å². The van der Waals surface area contributed by atoms with Gasteiger partial charge in [-0.05, 0) is 6.42 Å². The number of rotatable bonds is 4. The van der Waals surface area contributed by atoms with Crippen molar-refractivity contribution in [3.63, 3.8) is 0 Å². The van der Waals surface area contributed by atoms with Crippen molar-refractivity contribution in [1.29, 1.82) is 0 Å². The third-order valence-electron chi connectivity index (χ3n) is 3.05. The second-order valence-electron chi connectivity index (χ2n) is 4.45. The predicted molar refractivity (Wildman–Crippen MR) is 63.2 cm³/mol. The van der Waals surface area contributed by atoms with Crippen molar-refractivity contribution in [3.8, 4) is 0 Å². The van der Waals surface area contributed by atoms with Gasteiger partial charge in [-0.1, -0.05) is 6.92 Å². The average molecular weight is 257 g/mol. The summed E-state index contributed by atoms with van der Waals surface area (Å²) in [6.07, 6.45) is -0.143. The van der Waals surface area contributed by atoms with Gasteiger partial charge in [0.2, 0.25) is 17.7 Å². The lowest BCUT2D eigenvalue weighted by Gasteiger charge is -2.23. The molecule has 0 aromatic heterocycles. The van der Waals surface area contributed by atoms with Crippen LogP contribution in [-0.2, 0) is 14.4 Å². The molecule has 0 aromatic rings. The summed E-state index contributed by atoms with van der Waals surface area (Å²) in [4.78, 5) is 35.6. The molecule has 0 unspecified atom stereocenters. The fraction of sp³-hybridized carbons (Fsp3) is 0.727. The van der Waals surface area contributed by atoms with E-state index in [2.05, 4.69) is 5.32 Å². The topological polar surface area (TPSA) is 113 Å². The third kappa shape index (κ3) is 3.19. The number of carbonyl (C=O) groups is 3. The Morgan fingerprint density at radius 3 is 2.56 bits per heavy atom. The first-order chi connectivity index (χ1) is 8.36. The van der Waals surface area contributed by atoms with Crippen LogP contribution in [0.4, 0.5) is 0 Å². The molecule has 3 amide bonds. The van der Waals surface area contributed by atoms with Gasteiger partial charge in [-0.15, -0.1) is 0 Å². The molecular weight excluding hydrogens is 238 g/mol. The molecule has 0 aliphatic carbocycles. The van der Waals surface area contributed by atoms with Gasteiger partial charge >= 0.3 is 0 Å². The van der Waals surface area contributed by atoms with E-state index in [1.807, 2.05) is 0 Å². The van der Waals surface area contributed by atoms with E-state index >= 15 is 0 Å². The minimum atomic E-state index is -0.746. The zero-order valence-corrected chi connectivity index (χ0v) is 10.5. The number of hydrogen-bond donors (Lipinski definition) is 3. The SMILES string of the molecule is CC[C@@H](NC(=O)[C@@H]1C[C@@H](O)CN1C(C)=O)C(N)=O. The second kappa shape index (κ2) is 5.81. The Balaban J connectivity index is 2.70. The summed E-state index contributed by atoms with van der Waals surface area (Å²) in [6, 6.07) is -1.48. The first-order valence-electron chi connectivity index (χ1n) is 5.91. The zero-order chi connectivity index (χ0) is 13.9. The Labute approximate surface area is 105 Å². The molecule has 0 spiro atoms. The van der Waals surface area contributed by atoms with Crippen molar-refractivity contribution in [1.82, 2.24) is 10.2 Å². The Kier molecular flexibility index (Phi) is 4.66. The normalized spacial score (nSPS) is 24.7. The van der Waals surface area contributed by atoms with Crippen LogP contribution >= 0.6 is 0 Å². The van der Waals surface area contributed by atoms with Gasteiger partial charge in [0, 0.05) is 19.9 Å². The lowest BCUT2D eigenvalue weighted by Crippen LogP contribution is -2.51. The first kappa shape index (κ1) is 14.4. The van der Waals surface area contributed by atoms with Crippen LogP contribution in [0.2, 0.25) is 0 Å². The number of nitrogens with two attached hydrogens (primary N) is 1. The fourth-order valence-corrected chi connectivity index (χ4v) is 2.05. The number of likely N-dealkylation sites (tertiary alicyclic amines) is 1. The van der Waals surface area contributed by atoms with Crippen LogP contribution in [0.15, 0.2) is 0 Å². The van der Waals surface area contributed by atoms with Gasteiger partial charge in [0.1, 0.15) is 12.1 Å². The molecule has 102 valence electrons. The minimum Gasteiger partial charge on any atom is -0.391 e. The molecule has 1 aliphatic heterocycles. The minimum absolute atomic E-state index is 0.140. The third-order valence-corrected chi connectivity index (χ3v) is 3.05. The van der Waals surface area contributed by atoms with Crippen molar-refractivity contribution < 1.29 is 19.5 Å². The van der Waals surface area contributed by atoms with Gasteiger partial charge in [-0.2, -0.15) is 0 Å². The largest absolute Gasteiger partial charge is 0.391 e. The monoisotopic (exact) mass is 257 g/mol. The lowest BCUT2D eigenvalue weighted by atomic mass is 10.1. The molecule has 7 nitrogen and oxygen atoms in total. The molecule has 3 atom stereocenters. The molecule has 1 heterocycles. The zero-order valence-electron chi connectivity index (χ0n) is 10.5. The van der Waals surface area contributed by atoms with E-state index < -0.39 is 30.0 Å². The smallest absolute Gasteiger partial charge is 0.243 e. The van der Waals surface area contributed by atoms with E-state index in [0.29, 0.717) is 6.42 Å². The maximum atomic E-state index is 12.0. The number of carbonyl (C=O) groups excluding carboxylic acids is 3. The van der Waals surface area contributed by atoms with Crippen LogP contribution in [-0.4, -0.2) is 52.5 Å². The Morgan fingerprint density at radius 1 is 1.50 bits per heavy atom. The summed E-state index contributed by atoms with van der Waals surface area (Å²) < 4.78 is 0. The van der Waals surface area contributed by atoms with Crippen LogP contribution in [0.5, 0.6) is 0 Å². The van der Waals surface area contributed by atoms with Gasteiger partial charge < -0.3 is 21.1 Å². The molecule has 1 aliphatic rings. The molecule has 4 N–H and O–H groups in total. The number of nitrogens with zero attached hydrogens (tertiary/aromatic N) is 1. The van der Waals surface area contributed by atoms with Crippen molar-refractivity contribution in [2.24, 2.45) is 5.73 Å². The molecule has 0 bridgehead atoms. The highest BCUT2D eigenvalue weighted by Crippen LogP contribution is 2.18. The summed E-state index contributed by atoms with van der Waals surface area (Å²) in [5, 5.41) is 12.0. The van der Waals surface area contributed by atoms with Crippen LogP contribution in [0.25, 0.3) is 0 Å². The predicted octanol–water partition coefficient (Wildman–Crippen LogP) is -1.65. The standard InChI is InChI=1S/C11H19N3O4/c1-3-8(10(12)17)13-11(18)9-4-7(16)5-14(9)6(2)15/h7-9,16H,3-5H2,1-2H3,(H2,12,17)(H,13,18)/t7-,8-,9+/m1/s1. The molecular formula is C11H19N3O4.